The number of nitrogens with zero attached hydrogens (tertiary/aromatic N) is 4. The third kappa shape index (κ3) is 3.66. The van der Waals surface area contributed by atoms with E-state index in [0.717, 1.165) is 35.9 Å². The van der Waals surface area contributed by atoms with Crippen molar-refractivity contribution >= 4 is 17.2 Å². The number of piperazine rings is 1. The third-order valence-corrected chi connectivity index (χ3v) is 5.36. The molecule has 0 atom stereocenters. The van der Waals surface area contributed by atoms with Gasteiger partial charge in [-0.05, 0) is 30.3 Å². The molecule has 1 amide bonds. The molecule has 26 heavy (non-hydrogen) atoms. The Bertz CT molecular complexity index is 869. The molecule has 6 nitrogen and oxygen atoms in total. The molecule has 0 spiro atoms. The van der Waals surface area contributed by atoms with Crippen LogP contribution in [0.15, 0.2) is 41.9 Å². The van der Waals surface area contributed by atoms with E-state index in [9.17, 15) is 9.18 Å². The van der Waals surface area contributed by atoms with Crippen LogP contribution in [0.1, 0.15) is 16.2 Å². The quantitative estimate of drug-likeness (QED) is 0.766. The van der Waals surface area contributed by atoms with Crippen LogP contribution in [0, 0.1) is 5.82 Å². The number of benzene rings is 1. The van der Waals surface area contributed by atoms with Crippen molar-refractivity contribution in [2.75, 3.05) is 26.2 Å². The summed E-state index contributed by atoms with van der Waals surface area (Å²) in [5, 5.41) is 9.49. The molecule has 0 bridgehead atoms. The number of carbonyl (C=O) groups is 1. The van der Waals surface area contributed by atoms with Gasteiger partial charge >= 0.3 is 0 Å². The van der Waals surface area contributed by atoms with Gasteiger partial charge in [-0.25, -0.2) is 9.37 Å². The second-order valence-electron chi connectivity index (χ2n) is 6.19. The van der Waals surface area contributed by atoms with E-state index in [-0.39, 0.29) is 11.7 Å². The minimum Gasteiger partial charge on any atom is -0.335 e. The van der Waals surface area contributed by atoms with E-state index in [0.29, 0.717) is 18.8 Å². The van der Waals surface area contributed by atoms with Crippen molar-refractivity contribution in [3.05, 3.63) is 59.1 Å². The van der Waals surface area contributed by atoms with Gasteiger partial charge in [-0.3, -0.25) is 14.8 Å². The highest BCUT2D eigenvalue weighted by Gasteiger charge is 2.23. The number of halogens is 1. The number of H-pyrrole nitrogens is 1. The maximum atomic E-state index is 13.0. The van der Waals surface area contributed by atoms with Gasteiger partial charge in [0.1, 0.15) is 16.5 Å². The summed E-state index contributed by atoms with van der Waals surface area (Å²) in [6.07, 6.45) is 1.59. The first-order chi connectivity index (χ1) is 12.7. The molecule has 0 unspecified atom stereocenters. The standard InChI is InChI=1S/C18H18FN5OS/c19-14-3-1-13(2-4-14)17-21-15(12-26-17)11-23-7-9-24(10-8-23)18(25)16-5-6-20-22-16/h1-6,12H,7-11H2,(H,20,22). The Balaban J connectivity index is 1.33. The lowest BCUT2D eigenvalue weighted by molar-refractivity contribution is 0.0621. The number of hydrogen-bond donors (Lipinski definition) is 1. The summed E-state index contributed by atoms with van der Waals surface area (Å²) < 4.78 is 13.0. The summed E-state index contributed by atoms with van der Waals surface area (Å²) in [5.41, 5.74) is 2.46. The molecule has 2 aromatic heterocycles. The first kappa shape index (κ1) is 16.9. The van der Waals surface area contributed by atoms with E-state index < -0.39 is 0 Å². The maximum Gasteiger partial charge on any atom is 0.271 e. The summed E-state index contributed by atoms with van der Waals surface area (Å²) in [6, 6.07) is 8.09. The van der Waals surface area contributed by atoms with Gasteiger partial charge in [0.2, 0.25) is 0 Å². The number of carbonyl (C=O) groups excluding carboxylic acids is 1. The van der Waals surface area contributed by atoms with Gasteiger partial charge in [0.15, 0.2) is 0 Å². The monoisotopic (exact) mass is 371 g/mol. The van der Waals surface area contributed by atoms with Gasteiger partial charge in [-0.1, -0.05) is 0 Å². The van der Waals surface area contributed by atoms with Crippen molar-refractivity contribution in [1.29, 1.82) is 0 Å². The molecule has 0 aliphatic carbocycles. The molecule has 1 saturated heterocycles. The highest BCUT2D eigenvalue weighted by Crippen LogP contribution is 2.24. The SMILES string of the molecule is O=C(c1ccn[nH]1)N1CCN(Cc2csc(-c3ccc(F)cc3)n2)CC1. The van der Waals surface area contributed by atoms with Crippen LogP contribution in [-0.2, 0) is 6.54 Å². The van der Waals surface area contributed by atoms with Crippen LogP contribution in [0.25, 0.3) is 10.6 Å². The van der Waals surface area contributed by atoms with Crippen LogP contribution in [-0.4, -0.2) is 57.1 Å². The van der Waals surface area contributed by atoms with Gasteiger partial charge in [0.05, 0.1) is 5.69 Å². The van der Waals surface area contributed by atoms with Crippen molar-refractivity contribution in [2.45, 2.75) is 6.54 Å². The van der Waals surface area contributed by atoms with Gasteiger partial charge in [0, 0.05) is 49.9 Å². The topological polar surface area (TPSA) is 65.1 Å². The Labute approximate surface area is 154 Å². The fourth-order valence-electron chi connectivity index (χ4n) is 2.99. The van der Waals surface area contributed by atoms with E-state index in [2.05, 4.69) is 20.1 Å². The molecule has 8 heteroatoms. The predicted octanol–water partition coefficient (Wildman–Crippen LogP) is 2.63. The fraction of sp³-hybridized carbons (Fsp3) is 0.278. The number of hydrogen-bond acceptors (Lipinski definition) is 5. The lowest BCUT2D eigenvalue weighted by Gasteiger charge is -2.34. The number of rotatable bonds is 4. The highest BCUT2D eigenvalue weighted by molar-refractivity contribution is 7.13. The summed E-state index contributed by atoms with van der Waals surface area (Å²) in [4.78, 5) is 21.1. The smallest absolute Gasteiger partial charge is 0.271 e. The molecule has 0 radical (unpaired) electrons. The first-order valence-corrected chi connectivity index (χ1v) is 9.28. The molecule has 0 saturated carbocycles. The third-order valence-electron chi connectivity index (χ3n) is 4.42. The van der Waals surface area contributed by atoms with Crippen LogP contribution in [0.2, 0.25) is 0 Å². The molecule has 3 heterocycles. The fourth-order valence-corrected chi connectivity index (χ4v) is 3.81. The zero-order valence-electron chi connectivity index (χ0n) is 14.1. The number of amides is 1. The van der Waals surface area contributed by atoms with E-state index in [4.69, 9.17) is 0 Å². The van der Waals surface area contributed by atoms with Crippen molar-refractivity contribution in [3.63, 3.8) is 0 Å². The van der Waals surface area contributed by atoms with E-state index >= 15 is 0 Å². The molecule has 3 aromatic rings. The summed E-state index contributed by atoms with van der Waals surface area (Å²) in [7, 11) is 0. The van der Waals surface area contributed by atoms with Crippen LogP contribution < -0.4 is 0 Å². The Morgan fingerprint density at radius 1 is 1.15 bits per heavy atom. The van der Waals surface area contributed by atoms with Crippen molar-refractivity contribution < 1.29 is 9.18 Å². The van der Waals surface area contributed by atoms with Crippen molar-refractivity contribution in [1.82, 2.24) is 25.0 Å². The number of nitrogens with one attached hydrogen (secondary N) is 1. The predicted molar refractivity (Wildman–Crippen MR) is 97.3 cm³/mol. The highest BCUT2D eigenvalue weighted by atomic mass is 32.1. The Morgan fingerprint density at radius 2 is 1.92 bits per heavy atom. The van der Waals surface area contributed by atoms with Gasteiger partial charge in [0.25, 0.3) is 5.91 Å². The maximum absolute atomic E-state index is 13.0. The van der Waals surface area contributed by atoms with E-state index in [1.165, 1.54) is 12.1 Å². The van der Waals surface area contributed by atoms with Gasteiger partial charge in [-0.15, -0.1) is 11.3 Å². The molecular formula is C18H18FN5OS. The van der Waals surface area contributed by atoms with Crippen LogP contribution in [0.3, 0.4) is 0 Å². The number of aromatic amines is 1. The van der Waals surface area contributed by atoms with Crippen LogP contribution in [0.5, 0.6) is 0 Å². The molecule has 1 aromatic carbocycles. The Morgan fingerprint density at radius 3 is 2.62 bits per heavy atom. The Hall–Kier alpha value is -2.58. The molecule has 4 rings (SSSR count). The van der Waals surface area contributed by atoms with Gasteiger partial charge in [-0.2, -0.15) is 5.10 Å². The zero-order chi connectivity index (χ0) is 17.9. The molecule has 1 aliphatic heterocycles. The minimum absolute atomic E-state index is 0.00518. The van der Waals surface area contributed by atoms with E-state index in [1.54, 1.807) is 35.7 Å². The molecule has 1 N–H and O–H groups in total. The second-order valence-corrected chi connectivity index (χ2v) is 7.05. The summed E-state index contributed by atoms with van der Waals surface area (Å²) >= 11 is 1.56. The largest absolute Gasteiger partial charge is 0.335 e. The summed E-state index contributed by atoms with van der Waals surface area (Å²) in [5.74, 6) is -0.248. The van der Waals surface area contributed by atoms with Crippen LogP contribution in [0.4, 0.5) is 4.39 Å². The first-order valence-electron chi connectivity index (χ1n) is 8.40. The summed E-state index contributed by atoms with van der Waals surface area (Å²) in [6.45, 7) is 3.75. The Kier molecular flexibility index (Phi) is 4.77. The second kappa shape index (κ2) is 7.35. The van der Waals surface area contributed by atoms with Crippen LogP contribution >= 0.6 is 11.3 Å². The van der Waals surface area contributed by atoms with E-state index in [1.807, 2.05) is 10.3 Å². The average molecular weight is 371 g/mol. The molecule has 134 valence electrons. The normalized spacial score (nSPS) is 15.3. The number of aromatic nitrogens is 3. The number of thiazole rings is 1. The molecular weight excluding hydrogens is 353 g/mol. The zero-order valence-corrected chi connectivity index (χ0v) is 14.9. The molecule has 1 aliphatic rings. The lowest BCUT2D eigenvalue weighted by Crippen LogP contribution is -2.48. The van der Waals surface area contributed by atoms with Crippen molar-refractivity contribution in [2.24, 2.45) is 0 Å². The van der Waals surface area contributed by atoms with Gasteiger partial charge < -0.3 is 4.90 Å². The average Bonchev–Trinajstić information content (AvgIpc) is 3.35. The minimum atomic E-state index is -0.243. The lowest BCUT2D eigenvalue weighted by atomic mass is 10.2. The van der Waals surface area contributed by atoms with Crippen molar-refractivity contribution in [3.8, 4) is 10.6 Å². The molecule has 1 fully saturated rings.